The molecule has 80 valence electrons. The van der Waals surface area contributed by atoms with Gasteiger partial charge >= 0.3 is 0 Å². The largest absolute Gasteiger partial charge is 0.507 e. The quantitative estimate of drug-likeness (QED) is 0.765. The highest BCUT2D eigenvalue weighted by atomic mass is 16.5. The predicted octanol–water partition coefficient (Wildman–Crippen LogP) is 2.14. The zero-order valence-electron chi connectivity index (χ0n) is 8.98. The van der Waals surface area contributed by atoms with Crippen LogP contribution in [-0.4, -0.2) is 12.2 Å². The number of hydrogen-bond donors (Lipinski definition) is 1. The molecule has 0 aromatic heterocycles. The van der Waals surface area contributed by atoms with Crippen molar-refractivity contribution in [3.63, 3.8) is 0 Å². The van der Waals surface area contributed by atoms with Gasteiger partial charge in [-0.1, -0.05) is 0 Å². The number of phenolic OH excluding ortho intramolecular Hbond substituents is 1. The van der Waals surface area contributed by atoms with Crippen LogP contribution in [0.25, 0.3) is 6.08 Å². The third kappa shape index (κ3) is 2.31. The molecule has 0 saturated heterocycles. The number of allylic oxidation sites excluding steroid dienone is 1. The molecule has 0 radical (unpaired) electrons. The number of hydrogen-bond acceptors (Lipinski definition) is 4. The first-order valence-corrected chi connectivity index (χ1v) is 4.52. The summed E-state index contributed by atoms with van der Waals surface area (Å²) in [7, 11) is 1.52. The molecule has 0 heterocycles. The highest BCUT2D eigenvalue weighted by Crippen LogP contribution is 2.28. The van der Waals surface area contributed by atoms with Crippen LogP contribution >= 0.6 is 0 Å². The van der Waals surface area contributed by atoms with E-state index in [0.717, 1.165) is 5.56 Å². The van der Waals surface area contributed by atoms with Gasteiger partial charge in [0, 0.05) is 5.56 Å². The second kappa shape index (κ2) is 4.86. The summed E-state index contributed by atoms with van der Waals surface area (Å²) in [6.07, 6.45) is 1.32. The minimum atomic E-state index is -0.0683. The van der Waals surface area contributed by atoms with Crippen molar-refractivity contribution in [3.05, 3.63) is 28.8 Å². The molecule has 1 aromatic rings. The smallest absolute Gasteiger partial charge is 0.130 e. The summed E-state index contributed by atoms with van der Waals surface area (Å²) in [5.74, 6) is 0.612. The van der Waals surface area contributed by atoms with Gasteiger partial charge in [-0.25, -0.2) is 0 Å². The number of rotatable bonds is 2. The van der Waals surface area contributed by atoms with Crippen LogP contribution < -0.4 is 4.74 Å². The van der Waals surface area contributed by atoms with Gasteiger partial charge in [0.15, 0.2) is 0 Å². The van der Waals surface area contributed by atoms with E-state index in [1.807, 2.05) is 0 Å². The molecule has 0 atom stereocenters. The Balaban J connectivity index is 3.32. The zero-order chi connectivity index (χ0) is 12.1. The molecule has 0 unspecified atom stereocenters. The highest BCUT2D eigenvalue weighted by molar-refractivity contribution is 5.68. The van der Waals surface area contributed by atoms with Gasteiger partial charge in [0.05, 0.1) is 7.11 Å². The molecule has 0 aliphatic carbocycles. The molecular weight excluding hydrogens is 204 g/mol. The van der Waals surface area contributed by atoms with Crippen molar-refractivity contribution < 1.29 is 9.84 Å². The lowest BCUT2D eigenvalue weighted by atomic mass is 10.1. The van der Waals surface area contributed by atoms with E-state index in [1.54, 1.807) is 25.1 Å². The van der Waals surface area contributed by atoms with Crippen LogP contribution in [-0.2, 0) is 0 Å². The number of nitrogens with zero attached hydrogens (tertiary/aromatic N) is 2. The van der Waals surface area contributed by atoms with Gasteiger partial charge in [-0.15, -0.1) is 0 Å². The second-order valence-electron chi connectivity index (χ2n) is 3.16. The van der Waals surface area contributed by atoms with Gasteiger partial charge in [0.2, 0.25) is 0 Å². The monoisotopic (exact) mass is 214 g/mol. The van der Waals surface area contributed by atoms with Crippen LogP contribution in [0.2, 0.25) is 0 Å². The van der Waals surface area contributed by atoms with E-state index in [1.165, 1.54) is 19.3 Å². The third-order valence-corrected chi connectivity index (χ3v) is 2.08. The van der Waals surface area contributed by atoms with Crippen LogP contribution in [0.4, 0.5) is 0 Å². The van der Waals surface area contributed by atoms with Gasteiger partial charge in [-0.2, -0.15) is 10.5 Å². The first-order chi connectivity index (χ1) is 7.62. The first-order valence-electron chi connectivity index (χ1n) is 4.52. The summed E-state index contributed by atoms with van der Waals surface area (Å²) >= 11 is 0. The Morgan fingerprint density at radius 1 is 1.38 bits per heavy atom. The number of benzene rings is 1. The van der Waals surface area contributed by atoms with Crippen molar-refractivity contribution in [3.8, 4) is 23.6 Å². The number of phenols is 1. The van der Waals surface area contributed by atoms with Crippen molar-refractivity contribution in [1.29, 1.82) is 10.5 Å². The molecule has 0 fully saturated rings. The normalized spacial score (nSPS) is 8.75. The van der Waals surface area contributed by atoms with Crippen molar-refractivity contribution in [2.45, 2.75) is 6.92 Å². The summed E-state index contributed by atoms with van der Waals surface area (Å²) in [6.45, 7) is 1.79. The van der Waals surface area contributed by atoms with Crippen molar-refractivity contribution in [1.82, 2.24) is 0 Å². The minimum absolute atomic E-state index is 0.0151. The van der Waals surface area contributed by atoms with E-state index < -0.39 is 0 Å². The summed E-state index contributed by atoms with van der Waals surface area (Å²) in [5.41, 5.74) is 1.11. The van der Waals surface area contributed by atoms with Gasteiger partial charge < -0.3 is 9.84 Å². The number of ether oxygens (including phenoxy) is 1. The minimum Gasteiger partial charge on any atom is -0.507 e. The number of aryl methyl sites for hydroxylation is 1. The summed E-state index contributed by atoms with van der Waals surface area (Å²) in [5, 5.41) is 26.8. The molecular formula is C12H10N2O2. The van der Waals surface area contributed by atoms with E-state index in [-0.39, 0.29) is 11.3 Å². The maximum atomic E-state index is 9.63. The van der Waals surface area contributed by atoms with Crippen LogP contribution in [0.1, 0.15) is 11.1 Å². The van der Waals surface area contributed by atoms with E-state index in [2.05, 4.69) is 0 Å². The Labute approximate surface area is 93.6 Å². The molecule has 0 aliphatic rings. The van der Waals surface area contributed by atoms with E-state index >= 15 is 0 Å². The Morgan fingerprint density at radius 2 is 2.00 bits per heavy atom. The molecule has 0 bridgehead atoms. The fourth-order valence-corrected chi connectivity index (χ4v) is 1.27. The standard InChI is InChI=1S/C12H10N2O2/c1-8-3-11(15)10(5-12(8)16-2)4-9(6-13)7-14/h3-5,15H,1-2H3. The molecule has 1 aromatic carbocycles. The molecule has 1 N–H and O–H groups in total. The average Bonchev–Trinajstić information content (AvgIpc) is 2.28. The Kier molecular flexibility index (Phi) is 3.53. The molecule has 0 saturated carbocycles. The lowest BCUT2D eigenvalue weighted by Crippen LogP contribution is -1.88. The van der Waals surface area contributed by atoms with Crippen molar-refractivity contribution in [2.24, 2.45) is 0 Å². The van der Waals surface area contributed by atoms with Crippen LogP contribution in [0.3, 0.4) is 0 Å². The van der Waals surface area contributed by atoms with Gasteiger partial charge in [-0.3, -0.25) is 0 Å². The lowest BCUT2D eigenvalue weighted by Gasteiger charge is -2.07. The molecule has 1 rings (SSSR count). The SMILES string of the molecule is COc1cc(C=C(C#N)C#N)c(O)cc1C. The maximum absolute atomic E-state index is 9.63. The van der Waals surface area contributed by atoms with Gasteiger partial charge in [0.25, 0.3) is 0 Å². The molecule has 0 aliphatic heterocycles. The lowest BCUT2D eigenvalue weighted by molar-refractivity contribution is 0.408. The molecule has 0 spiro atoms. The summed E-state index contributed by atoms with van der Waals surface area (Å²) < 4.78 is 5.08. The Hall–Kier alpha value is -2.46. The summed E-state index contributed by atoms with van der Waals surface area (Å²) in [4.78, 5) is 0. The van der Waals surface area contributed by atoms with E-state index in [4.69, 9.17) is 15.3 Å². The maximum Gasteiger partial charge on any atom is 0.130 e. The number of aromatic hydroxyl groups is 1. The molecule has 4 heteroatoms. The molecule has 0 amide bonds. The second-order valence-corrected chi connectivity index (χ2v) is 3.16. The van der Waals surface area contributed by atoms with E-state index in [0.29, 0.717) is 11.3 Å². The van der Waals surface area contributed by atoms with Crippen molar-refractivity contribution in [2.75, 3.05) is 7.11 Å². The number of nitriles is 2. The average molecular weight is 214 g/mol. The predicted molar refractivity (Wildman–Crippen MR) is 58.6 cm³/mol. The molecule has 4 nitrogen and oxygen atoms in total. The highest BCUT2D eigenvalue weighted by Gasteiger charge is 2.06. The fraction of sp³-hybridized carbons (Fsp3) is 0.167. The molecule has 16 heavy (non-hydrogen) atoms. The van der Waals surface area contributed by atoms with Gasteiger partial charge in [-0.05, 0) is 30.7 Å². The summed E-state index contributed by atoms with van der Waals surface area (Å²) in [6, 6.07) is 6.56. The fourth-order valence-electron chi connectivity index (χ4n) is 1.27. The zero-order valence-corrected chi connectivity index (χ0v) is 8.98. The Bertz CT molecular complexity index is 503. The van der Waals surface area contributed by atoms with E-state index in [9.17, 15) is 5.11 Å². The topological polar surface area (TPSA) is 77.0 Å². The van der Waals surface area contributed by atoms with Crippen LogP contribution in [0.5, 0.6) is 11.5 Å². The van der Waals surface area contributed by atoms with Crippen molar-refractivity contribution >= 4 is 6.08 Å². The van der Waals surface area contributed by atoms with Gasteiger partial charge in [0.1, 0.15) is 29.2 Å². The first kappa shape index (κ1) is 11.6. The Morgan fingerprint density at radius 3 is 2.50 bits per heavy atom. The third-order valence-electron chi connectivity index (χ3n) is 2.08. The van der Waals surface area contributed by atoms with Crippen LogP contribution in [0, 0.1) is 29.6 Å². The number of methoxy groups -OCH3 is 1. The van der Waals surface area contributed by atoms with Crippen LogP contribution in [0.15, 0.2) is 17.7 Å².